The number of piperazine rings is 1. The van der Waals surface area contributed by atoms with Gasteiger partial charge in [-0.2, -0.15) is 0 Å². The third-order valence-electron chi connectivity index (χ3n) is 5.95. The molecule has 1 fully saturated rings. The normalized spacial score (nSPS) is 14.5. The van der Waals surface area contributed by atoms with Gasteiger partial charge in [0.15, 0.2) is 0 Å². The summed E-state index contributed by atoms with van der Waals surface area (Å²) in [5.41, 5.74) is 2.34. The third kappa shape index (κ3) is 6.84. The van der Waals surface area contributed by atoms with Gasteiger partial charge in [-0.15, -0.1) is 0 Å². The molecule has 0 aliphatic carbocycles. The lowest BCUT2D eigenvalue weighted by molar-refractivity contribution is 0.134. The summed E-state index contributed by atoms with van der Waals surface area (Å²) in [5.74, 6) is 2.08. The number of aromatic hydroxyl groups is 1. The number of rotatable bonds is 8. The van der Waals surface area contributed by atoms with E-state index in [0.29, 0.717) is 13.2 Å². The molecule has 178 valence electrons. The minimum absolute atomic E-state index is 0.278. The highest BCUT2D eigenvalue weighted by Gasteiger charge is 2.13. The van der Waals surface area contributed by atoms with E-state index >= 15 is 0 Å². The van der Waals surface area contributed by atoms with E-state index in [9.17, 15) is 5.11 Å². The SMILES string of the molecule is CCOc1ccc2cc(O)ccc2c1Cc1ccc(OCCN2CCN(C)CC2)cc1.CO. The van der Waals surface area contributed by atoms with Gasteiger partial charge in [-0.25, -0.2) is 0 Å². The first-order valence-electron chi connectivity index (χ1n) is 11.6. The summed E-state index contributed by atoms with van der Waals surface area (Å²) in [4.78, 5) is 4.83. The maximum absolute atomic E-state index is 9.83. The summed E-state index contributed by atoms with van der Waals surface area (Å²) in [7, 11) is 3.18. The largest absolute Gasteiger partial charge is 0.508 e. The number of hydrogen-bond acceptors (Lipinski definition) is 6. The quantitative estimate of drug-likeness (QED) is 0.543. The molecule has 6 heteroatoms. The lowest BCUT2D eigenvalue weighted by Crippen LogP contribution is -2.45. The topological polar surface area (TPSA) is 65.4 Å². The van der Waals surface area contributed by atoms with E-state index in [2.05, 4.69) is 41.1 Å². The Kier molecular flexibility index (Phi) is 9.36. The van der Waals surface area contributed by atoms with Crippen LogP contribution in [-0.2, 0) is 6.42 Å². The van der Waals surface area contributed by atoms with Gasteiger partial charge in [-0.3, -0.25) is 4.90 Å². The van der Waals surface area contributed by atoms with Gasteiger partial charge >= 0.3 is 0 Å². The molecule has 1 aliphatic heterocycles. The average Bonchev–Trinajstić information content (AvgIpc) is 2.84. The highest BCUT2D eigenvalue weighted by molar-refractivity contribution is 5.89. The lowest BCUT2D eigenvalue weighted by atomic mass is 9.97. The highest BCUT2D eigenvalue weighted by atomic mass is 16.5. The van der Waals surface area contributed by atoms with Crippen molar-refractivity contribution >= 4 is 10.8 Å². The van der Waals surface area contributed by atoms with Crippen LogP contribution in [0.5, 0.6) is 17.2 Å². The van der Waals surface area contributed by atoms with Gasteiger partial charge in [-0.05, 0) is 60.6 Å². The summed E-state index contributed by atoms with van der Waals surface area (Å²) in [5, 5.41) is 19.0. The van der Waals surface area contributed by atoms with E-state index in [-0.39, 0.29) is 5.75 Å². The summed E-state index contributed by atoms with van der Waals surface area (Å²) in [6.07, 6.45) is 0.763. The van der Waals surface area contributed by atoms with E-state index in [0.717, 1.165) is 74.1 Å². The van der Waals surface area contributed by atoms with E-state index in [1.807, 2.05) is 25.1 Å². The van der Waals surface area contributed by atoms with Crippen molar-refractivity contribution in [2.75, 3.05) is 60.1 Å². The van der Waals surface area contributed by atoms with Crippen molar-refractivity contribution in [3.8, 4) is 17.2 Å². The molecule has 4 rings (SSSR count). The van der Waals surface area contributed by atoms with E-state index in [1.54, 1.807) is 12.1 Å². The van der Waals surface area contributed by atoms with Gasteiger partial charge < -0.3 is 24.6 Å². The number of ether oxygens (including phenoxy) is 2. The molecule has 0 radical (unpaired) electrons. The second-order valence-electron chi connectivity index (χ2n) is 8.19. The van der Waals surface area contributed by atoms with E-state index < -0.39 is 0 Å². The average molecular weight is 453 g/mol. The fraction of sp³-hybridized carbons (Fsp3) is 0.407. The summed E-state index contributed by atoms with van der Waals surface area (Å²) >= 11 is 0. The number of hydrogen-bond donors (Lipinski definition) is 2. The molecule has 0 spiro atoms. The van der Waals surface area contributed by atoms with Gasteiger partial charge in [-0.1, -0.05) is 24.3 Å². The summed E-state index contributed by atoms with van der Waals surface area (Å²) < 4.78 is 11.9. The molecular formula is C27H36N2O4. The fourth-order valence-electron chi connectivity index (χ4n) is 4.11. The van der Waals surface area contributed by atoms with Crippen molar-refractivity contribution < 1.29 is 19.7 Å². The molecule has 1 aliphatic rings. The minimum atomic E-state index is 0.278. The van der Waals surface area contributed by atoms with Crippen LogP contribution in [0.1, 0.15) is 18.1 Å². The van der Waals surface area contributed by atoms with E-state index in [1.165, 1.54) is 5.56 Å². The first-order valence-corrected chi connectivity index (χ1v) is 11.6. The molecule has 0 bridgehead atoms. The number of likely N-dealkylation sites (N-methyl/N-ethyl adjacent to an activating group) is 1. The van der Waals surface area contributed by atoms with Crippen LogP contribution in [0.25, 0.3) is 10.8 Å². The van der Waals surface area contributed by atoms with Gasteiger partial charge in [0.25, 0.3) is 0 Å². The smallest absolute Gasteiger partial charge is 0.123 e. The lowest BCUT2D eigenvalue weighted by Gasteiger charge is -2.32. The Morgan fingerprint density at radius 1 is 0.879 bits per heavy atom. The monoisotopic (exact) mass is 452 g/mol. The zero-order valence-electron chi connectivity index (χ0n) is 20.0. The van der Waals surface area contributed by atoms with E-state index in [4.69, 9.17) is 14.6 Å². The number of phenols is 1. The maximum atomic E-state index is 9.83. The molecular weight excluding hydrogens is 416 g/mol. The molecule has 0 aromatic heterocycles. The van der Waals surface area contributed by atoms with Crippen LogP contribution in [0.15, 0.2) is 54.6 Å². The van der Waals surface area contributed by atoms with Crippen molar-refractivity contribution in [1.82, 2.24) is 9.80 Å². The molecule has 0 saturated carbocycles. The molecule has 1 heterocycles. The molecule has 33 heavy (non-hydrogen) atoms. The first-order chi connectivity index (χ1) is 16.1. The van der Waals surface area contributed by atoms with Crippen molar-refractivity contribution in [2.45, 2.75) is 13.3 Å². The standard InChI is InChI=1S/C26H32N2O3.CH4O/c1-3-30-26-11-6-21-19-22(29)7-10-24(21)25(26)18-20-4-8-23(9-5-20)31-17-16-28-14-12-27(2)13-15-28;1-2/h4-11,19,29H,3,12-18H2,1-2H3;2H,1H3. The first kappa shape index (κ1) is 24.8. The number of aliphatic hydroxyl groups excluding tert-OH is 1. The Morgan fingerprint density at radius 2 is 1.61 bits per heavy atom. The maximum Gasteiger partial charge on any atom is 0.123 e. The number of phenolic OH excluding ortho intramolecular Hbond substituents is 1. The zero-order chi connectivity index (χ0) is 23.6. The predicted molar refractivity (Wildman–Crippen MR) is 134 cm³/mol. The number of fused-ring (bicyclic) bond motifs is 1. The Balaban J connectivity index is 0.00000149. The molecule has 6 nitrogen and oxygen atoms in total. The van der Waals surface area contributed by atoms with Gasteiger partial charge in [0.05, 0.1) is 6.61 Å². The Bertz CT molecular complexity index is 999. The molecule has 2 N–H and O–H groups in total. The van der Waals surface area contributed by atoms with Crippen LogP contribution in [0.2, 0.25) is 0 Å². The van der Waals surface area contributed by atoms with Crippen molar-refractivity contribution in [3.05, 3.63) is 65.7 Å². The Morgan fingerprint density at radius 3 is 2.30 bits per heavy atom. The Hall–Kier alpha value is -2.80. The Labute approximate surface area is 197 Å². The second kappa shape index (κ2) is 12.4. The number of benzene rings is 3. The third-order valence-corrected chi connectivity index (χ3v) is 5.95. The van der Waals surface area contributed by atoms with Crippen LogP contribution >= 0.6 is 0 Å². The molecule has 0 atom stereocenters. The van der Waals surface area contributed by atoms with Gasteiger partial charge in [0.1, 0.15) is 23.9 Å². The molecule has 0 amide bonds. The van der Waals surface area contributed by atoms with Crippen molar-refractivity contribution in [3.63, 3.8) is 0 Å². The second-order valence-corrected chi connectivity index (χ2v) is 8.19. The zero-order valence-corrected chi connectivity index (χ0v) is 20.0. The van der Waals surface area contributed by atoms with Crippen molar-refractivity contribution in [1.29, 1.82) is 0 Å². The summed E-state index contributed by atoms with van der Waals surface area (Å²) in [6, 6.07) is 17.9. The van der Waals surface area contributed by atoms with Crippen LogP contribution in [-0.4, -0.2) is 80.1 Å². The van der Waals surface area contributed by atoms with Crippen LogP contribution < -0.4 is 9.47 Å². The molecule has 3 aromatic carbocycles. The molecule has 1 saturated heterocycles. The minimum Gasteiger partial charge on any atom is -0.508 e. The van der Waals surface area contributed by atoms with Gasteiger partial charge in [0, 0.05) is 51.8 Å². The predicted octanol–water partition coefficient (Wildman–Crippen LogP) is 3.77. The van der Waals surface area contributed by atoms with Crippen LogP contribution in [0, 0.1) is 0 Å². The van der Waals surface area contributed by atoms with Gasteiger partial charge in [0.2, 0.25) is 0 Å². The van der Waals surface area contributed by atoms with Crippen LogP contribution in [0.3, 0.4) is 0 Å². The number of aliphatic hydroxyl groups is 1. The number of nitrogens with zero attached hydrogens (tertiary/aromatic N) is 2. The summed E-state index contributed by atoms with van der Waals surface area (Å²) in [6.45, 7) is 8.79. The van der Waals surface area contributed by atoms with Crippen LogP contribution in [0.4, 0.5) is 0 Å². The molecule has 0 unspecified atom stereocenters. The highest BCUT2D eigenvalue weighted by Crippen LogP contribution is 2.32. The molecule has 3 aromatic rings. The fourth-order valence-corrected chi connectivity index (χ4v) is 4.11. The van der Waals surface area contributed by atoms with Crippen molar-refractivity contribution in [2.24, 2.45) is 0 Å².